The van der Waals surface area contributed by atoms with E-state index in [0.29, 0.717) is 18.2 Å². The summed E-state index contributed by atoms with van der Waals surface area (Å²) < 4.78 is 32.6. The summed E-state index contributed by atoms with van der Waals surface area (Å²) in [5.41, 5.74) is 0.307. The van der Waals surface area contributed by atoms with E-state index in [4.69, 9.17) is 9.84 Å². The SMILES string of the molecule is COC[C@H](C)NS(=O)(=O)c1cc(C(=O)O)ccc1NCCC(C)C. The molecular formula is C16H26N2O5S. The first-order valence-electron chi connectivity index (χ1n) is 7.80. The fraction of sp³-hybridized carbons (Fsp3) is 0.562. The molecule has 1 aromatic carbocycles. The third-order valence-corrected chi connectivity index (χ3v) is 4.96. The lowest BCUT2D eigenvalue weighted by molar-refractivity contribution is 0.0696. The number of anilines is 1. The maximum atomic E-state index is 12.6. The summed E-state index contributed by atoms with van der Waals surface area (Å²) in [5, 5.41) is 12.2. The Kier molecular flexibility index (Phi) is 7.65. The second kappa shape index (κ2) is 9.00. The minimum Gasteiger partial charge on any atom is -0.478 e. The van der Waals surface area contributed by atoms with Crippen LogP contribution in [-0.2, 0) is 14.8 Å². The number of hydrogen-bond acceptors (Lipinski definition) is 5. The summed E-state index contributed by atoms with van der Waals surface area (Å²) in [6.45, 7) is 6.63. The average Bonchev–Trinajstić information content (AvgIpc) is 2.46. The van der Waals surface area contributed by atoms with E-state index in [2.05, 4.69) is 23.9 Å². The predicted molar refractivity (Wildman–Crippen MR) is 93.0 cm³/mol. The highest BCUT2D eigenvalue weighted by molar-refractivity contribution is 7.89. The van der Waals surface area contributed by atoms with E-state index in [1.165, 1.54) is 25.3 Å². The van der Waals surface area contributed by atoms with Crippen LogP contribution in [0.5, 0.6) is 0 Å². The first-order chi connectivity index (χ1) is 11.2. The molecule has 1 rings (SSSR count). The number of carboxylic acids is 1. The minimum atomic E-state index is -3.87. The van der Waals surface area contributed by atoms with Crippen molar-refractivity contribution in [3.63, 3.8) is 0 Å². The Morgan fingerprint density at radius 1 is 1.29 bits per heavy atom. The van der Waals surface area contributed by atoms with Gasteiger partial charge in [0.25, 0.3) is 0 Å². The molecule has 0 aliphatic heterocycles. The lowest BCUT2D eigenvalue weighted by Gasteiger charge is -2.17. The Hall–Kier alpha value is -1.64. The van der Waals surface area contributed by atoms with Gasteiger partial charge in [-0.15, -0.1) is 0 Å². The highest BCUT2D eigenvalue weighted by Crippen LogP contribution is 2.23. The summed E-state index contributed by atoms with van der Waals surface area (Å²) in [6, 6.07) is 3.61. The quantitative estimate of drug-likeness (QED) is 0.592. The van der Waals surface area contributed by atoms with Crippen molar-refractivity contribution in [2.45, 2.75) is 38.1 Å². The van der Waals surface area contributed by atoms with Crippen LogP contribution in [0.4, 0.5) is 5.69 Å². The molecular weight excluding hydrogens is 332 g/mol. The van der Waals surface area contributed by atoms with E-state index in [1.807, 2.05) is 0 Å². The Labute approximate surface area is 143 Å². The fourth-order valence-corrected chi connectivity index (χ4v) is 3.57. The minimum absolute atomic E-state index is 0.0749. The Balaban J connectivity index is 3.14. The van der Waals surface area contributed by atoms with Crippen molar-refractivity contribution in [3.8, 4) is 0 Å². The molecule has 1 aromatic rings. The smallest absolute Gasteiger partial charge is 0.335 e. The molecule has 0 saturated heterocycles. The van der Waals surface area contributed by atoms with Crippen molar-refractivity contribution in [3.05, 3.63) is 23.8 Å². The maximum Gasteiger partial charge on any atom is 0.335 e. The average molecular weight is 358 g/mol. The van der Waals surface area contributed by atoms with Gasteiger partial charge in [-0.25, -0.2) is 17.9 Å². The standard InChI is InChI=1S/C16H26N2O5S/c1-11(2)7-8-17-14-6-5-13(16(19)20)9-15(14)24(21,22)18-12(3)10-23-4/h5-6,9,11-12,17-18H,7-8,10H2,1-4H3,(H,19,20)/t12-/m0/s1. The first-order valence-corrected chi connectivity index (χ1v) is 9.28. The Bertz CT molecular complexity index is 658. The molecule has 0 saturated carbocycles. The zero-order valence-electron chi connectivity index (χ0n) is 14.5. The van der Waals surface area contributed by atoms with E-state index in [-0.39, 0.29) is 17.1 Å². The van der Waals surface area contributed by atoms with Crippen LogP contribution in [0.1, 0.15) is 37.6 Å². The number of sulfonamides is 1. The van der Waals surface area contributed by atoms with Crippen LogP contribution in [0.3, 0.4) is 0 Å². The second-order valence-electron chi connectivity index (χ2n) is 6.10. The third kappa shape index (κ3) is 6.10. The molecule has 24 heavy (non-hydrogen) atoms. The van der Waals surface area contributed by atoms with Crippen LogP contribution < -0.4 is 10.0 Å². The van der Waals surface area contributed by atoms with E-state index in [0.717, 1.165) is 6.42 Å². The number of ether oxygens (including phenoxy) is 1. The topological polar surface area (TPSA) is 105 Å². The van der Waals surface area contributed by atoms with Crippen LogP contribution >= 0.6 is 0 Å². The van der Waals surface area contributed by atoms with E-state index in [9.17, 15) is 13.2 Å². The summed E-state index contributed by atoms with van der Waals surface area (Å²) in [5.74, 6) is -0.708. The van der Waals surface area contributed by atoms with Gasteiger partial charge in [-0.3, -0.25) is 0 Å². The van der Waals surface area contributed by atoms with Gasteiger partial charge in [0.15, 0.2) is 0 Å². The van der Waals surface area contributed by atoms with Gasteiger partial charge in [-0.05, 0) is 37.5 Å². The first kappa shape index (κ1) is 20.4. The van der Waals surface area contributed by atoms with Crippen molar-refractivity contribution in [1.82, 2.24) is 4.72 Å². The molecule has 0 fully saturated rings. The Morgan fingerprint density at radius 2 is 1.96 bits per heavy atom. The molecule has 0 aliphatic rings. The molecule has 0 unspecified atom stereocenters. The Morgan fingerprint density at radius 3 is 2.50 bits per heavy atom. The molecule has 136 valence electrons. The summed E-state index contributed by atoms with van der Waals surface area (Å²) in [4.78, 5) is 11.1. The normalized spacial score (nSPS) is 13.0. The zero-order valence-corrected chi connectivity index (χ0v) is 15.3. The summed E-state index contributed by atoms with van der Waals surface area (Å²) in [6.07, 6.45) is 0.869. The van der Waals surface area contributed by atoms with Crippen LogP contribution in [-0.4, -0.2) is 45.8 Å². The van der Waals surface area contributed by atoms with Gasteiger partial charge in [-0.2, -0.15) is 0 Å². The largest absolute Gasteiger partial charge is 0.478 e. The van der Waals surface area contributed by atoms with Gasteiger partial charge in [0.2, 0.25) is 10.0 Å². The highest BCUT2D eigenvalue weighted by atomic mass is 32.2. The number of carboxylic acid groups (broad SMARTS) is 1. The number of nitrogens with one attached hydrogen (secondary N) is 2. The molecule has 0 radical (unpaired) electrons. The number of aromatic carboxylic acids is 1. The fourth-order valence-electron chi connectivity index (χ4n) is 2.13. The number of methoxy groups -OCH3 is 1. The molecule has 0 aliphatic carbocycles. The van der Waals surface area contributed by atoms with Gasteiger partial charge < -0.3 is 15.2 Å². The van der Waals surface area contributed by atoms with Gasteiger partial charge in [-0.1, -0.05) is 13.8 Å². The van der Waals surface area contributed by atoms with Crippen molar-refractivity contribution < 1.29 is 23.1 Å². The number of carbonyl (C=O) groups is 1. The molecule has 8 heteroatoms. The van der Waals surface area contributed by atoms with Crippen molar-refractivity contribution >= 4 is 21.7 Å². The highest BCUT2D eigenvalue weighted by Gasteiger charge is 2.22. The third-order valence-electron chi connectivity index (χ3n) is 3.33. The van der Waals surface area contributed by atoms with E-state index < -0.39 is 22.0 Å². The van der Waals surface area contributed by atoms with Gasteiger partial charge >= 0.3 is 5.97 Å². The lowest BCUT2D eigenvalue weighted by Crippen LogP contribution is -2.36. The lowest BCUT2D eigenvalue weighted by atomic mass is 10.1. The summed E-state index contributed by atoms with van der Waals surface area (Å²) >= 11 is 0. The second-order valence-corrected chi connectivity index (χ2v) is 7.79. The number of benzene rings is 1. The monoisotopic (exact) mass is 358 g/mol. The van der Waals surface area contributed by atoms with Crippen LogP contribution in [0.15, 0.2) is 23.1 Å². The molecule has 0 heterocycles. The predicted octanol–water partition coefficient (Wildman–Crippen LogP) is 2.16. The van der Waals surface area contributed by atoms with Crippen molar-refractivity contribution in [2.24, 2.45) is 5.92 Å². The molecule has 0 aromatic heterocycles. The molecule has 1 atom stereocenters. The molecule has 0 bridgehead atoms. The maximum absolute atomic E-state index is 12.6. The van der Waals surface area contributed by atoms with E-state index in [1.54, 1.807) is 6.92 Å². The summed E-state index contributed by atoms with van der Waals surface area (Å²) in [7, 11) is -2.39. The van der Waals surface area contributed by atoms with Gasteiger partial charge in [0.05, 0.1) is 17.9 Å². The van der Waals surface area contributed by atoms with Gasteiger partial charge in [0.1, 0.15) is 4.90 Å². The van der Waals surface area contributed by atoms with Gasteiger partial charge in [0, 0.05) is 19.7 Å². The molecule has 0 amide bonds. The zero-order chi connectivity index (χ0) is 18.3. The van der Waals surface area contributed by atoms with Crippen LogP contribution in [0.2, 0.25) is 0 Å². The van der Waals surface area contributed by atoms with Crippen molar-refractivity contribution in [2.75, 3.05) is 25.6 Å². The number of hydrogen-bond donors (Lipinski definition) is 3. The molecule has 3 N–H and O–H groups in total. The van der Waals surface area contributed by atoms with Crippen LogP contribution in [0.25, 0.3) is 0 Å². The molecule has 7 nitrogen and oxygen atoms in total. The van der Waals surface area contributed by atoms with Crippen molar-refractivity contribution in [1.29, 1.82) is 0 Å². The van der Waals surface area contributed by atoms with E-state index >= 15 is 0 Å². The number of rotatable bonds is 10. The molecule has 0 spiro atoms. The van der Waals surface area contributed by atoms with Crippen LogP contribution in [0, 0.1) is 5.92 Å².